The first kappa shape index (κ1) is 38.9. The van der Waals surface area contributed by atoms with E-state index in [0.29, 0.717) is 24.7 Å². The second-order valence-electron chi connectivity index (χ2n) is 13.0. The zero-order valence-electron chi connectivity index (χ0n) is 27.4. The van der Waals surface area contributed by atoms with Crippen LogP contribution in [0.2, 0.25) is 0 Å². The molecule has 3 unspecified atom stereocenters. The van der Waals surface area contributed by atoms with Crippen LogP contribution in [0.3, 0.4) is 0 Å². The Morgan fingerprint density at radius 2 is 0.875 bits per heavy atom. The highest BCUT2D eigenvalue weighted by Crippen LogP contribution is 2.37. The molecule has 2 N–H and O–H groups in total. The van der Waals surface area contributed by atoms with E-state index in [1.807, 2.05) is 0 Å². The number of carbonyl (C=O) groups is 2. The average Bonchev–Trinajstić information content (AvgIpc) is 2.93. The summed E-state index contributed by atoms with van der Waals surface area (Å²) in [6, 6.07) is 0. The molecule has 0 aromatic rings. The third-order valence-electron chi connectivity index (χ3n) is 9.43. The number of carboxylic acids is 2. The van der Waals surface area contributed by atoms with Crippen LogP contribution in [0.25, 0.3) is 0 Å². The van der Waals surface area contributed by atoms with Gasteiger partial charge in [0.25, 0.3) is 0 Å². The summed E-state index contributed by atoms with van der Waals surface area (Å²) < 4.78 is 0. The maximum absolute atomic E-state index is 11.9. The number of rotatable bonds is 31. The number of hydrogen-bond donors (Lipinski definition) is 2. The van der Waals surface area contributed by atoms with E-state index in [4.69, 9.17) is 5.11 Å². The highest BCUT2D eigenvalue weighted by Gasteiger charge is 2.28. The molecule has 0 saturated heterocycles. The lowest BCUT2D eigenvalue weighted by Gasteiger charge is -2.32. The smallest absolute Gasteiger partial charge is 0.303 e. The molecule has 0 aliphatic carbocycles. The van der Waals surface area contributed by atoms with Crippen molar-refractivity contribution in [2.75, 3.05) is 0 Å². The molecule has 0 aliphatic heterocycles. The third kappa shape index (κ3) is 23.6. The second kappa shape index (κ2) is 28.1. The van der Waals surface area contributed by atoms with Crippen LogP contribution in [0.4, 0.5) is 0 Å². The summed E-state index contributed by atoms with van der Waals surface area (Å²) in [6.07, 6.45) is 30.3. The lowest BCUT2D eigenvalue weighted by Crippen LogP contribution is -2.24. The van der Waals surface area contributed by atoms with E-state index in [1.54, 1.807) is 0 Å². The molecule has 238 valence electrons. The Hall–Kier alpha value is -1.06. The molecule has 0 bridgehead atoms. The molecule has 0 aliphatic rings. The maximum Gasteiger partial charge on any atom is 0.303 e. The minimum Gasteiger partial charge on any atom is -0.481 e. The van der Waals surface area contributed by atoms with Crippen molar-refractivity contribution in [2.24, 2.45) is 23.7 Å². The quantitative estimate of drug-likeness (QED) is 0.0818. The highest BCUT2D eigenvalue weighted by atomic mass is 16.4. The molecule has 0 radical (unpaired) electrons. The Bertz CT molecular complexity index is 557. The van der Waals surface area contributed by atoms with Gasteiger partial charge in [0.2, 0.25) is 0 Å². The van der Waals surface area contributed by atoms with E-state index in [9.17, 15) is 14.7 Å². The Kier molecular flexibility index (Phi) is 27.3. The molecule has 3 atom stereocenters. The van der Waals surface area contributed by atoms with Crippen molar-refractivity contribution in [1.82, 2.24) is 0 Å². The maximum atomic E-state index is 11.9. The highest BCUT2D eigenvalue weighted by molar-refractivity contribution is 5.67. The van der Waals surface area contributed by atoms with E-state index < -0.39 is 11.9 Å². The predicted molar refractivity (Wildman–Crippen MR) is 172 cm³/mol. The Balaban J connectivity index is 4.49. The SMILES string of the molecule is CCCCC(CC)CC(CC(CC)CCCC)C(CCCCCCCCCCCCCCCC(=O)O)CC(=O)O. The second-order valence-corrected chi connectivity index (χ2v) is 13.0. The fourth-order valence-electron chi connectivity index (χ4n) is 6.66. The Labute approximate surface area is 249 Å². The predicted octanol–water partition coefficient (Wildman–Crippen LogP) is 11.8. The van der Waals surface area contributed by atoms with Crippen LogP contribution >= 0.6 is 0 Å². The van der Waals surface area contributed by atoms with Gasteiger partial charge in [0.05, 0.1) is 0 Å². The lowest BCUT2D eigenvalue weighted by atomic mass is 9.73. The van der Waals surface area contributed by atoms with Gasteiger partial charge in [-0.25, -0.2) is 0 Å². The van der Waals surface area contributed by atoms with Crippen LogP contribution in [0.5, 0.6) is 0 Å². The van der Waals surface area contributed by atoms with Crippen LogP contribution in [0, 0.1) is 23.7 Å². The normalized spacial score (nSPS) is 14.6. The van der Waals surface area contributed by atoms with Gasteiger partial charge in [-0.1, -0.05) is 156 Å². The van der Waals surface area contributed by atoms with Crippen LogP contribution in [-0.4, -0.2) is 22.2 Å². The molecular formula is C36H70O4. The zero-order chi connectivity index (χ0) is 29.8. The van der Waals surface area contributed by atoms with Crippen molar-refractivity contribution in [3.8, 4) is 0 Å². The molecule has 0 spiro atoms. The average molecular weight is 567 g/mol. The molecular weight excluding hydrogens is 496 g/mol. The van der Waals surface area contributed by atoms with Crippen molar-refractivity contribution in [1.29, 1.82) is 0 Å². The monoisotopic (exact) mass is 567 g/mol. The van der Waals surface area contributed by atoms with Crippen molar-refractivity contribution in [2.45, 2.75) is 195 Å². The topological polar surface area (TPSA) is 74.6 Å². The van der Waals surface area contributed by atoms with E-state index in [1.165, 1.54) is 135 Å². The van der Waals surface area contributed by atoms with Crippen LogP contribution in [0.1, 0.15) is 195 Å². The van der Waals surface area contributed by atoms with Crippen molar-refractivity contribution < 1.29 is 19.8 Å². The molecule has 40 heavy (non-hydrogen) atoms. The molecule has 4 heteroatoms. The van der Waals surface area contributed by atoms with Gasteiger partial charge < -0.3 is 10.2 Å². The van der Waals surface area contributed by atoms with Gasteiger partial charge in [-0.15, -0.1) is 0 Å². The molecule has 0 fully saturated rings. The van der Waals surface area contributed by atoms with Gasteiger partial charge in [-0.2, -0.15) is 0 Å². The molecule has 0 aromatic carbocycles. The fraction of sp³-hybridized carbons (Fsp3) is 0.944. The molecule has 0 amide bonds. The number of unbranched alkanes of at least 4 members (excludes halogenated alkanes) is 14. The first-order valence-corrected chi connectivity index (χ1v) is 17.8. The first-order valence-electron chi connectivity index (χ1n) is 17.8. The van der Waals surface area contributed by atoms with Gasteiger partial charge in [-0.3, -0.25) is 9.59 Å². The minimum atomic E-state index is -0.671. The Morgan fingerprint density at radius 1 is 0.475 bits per heavy atom. The number of aliphatic carboxylic acids is 2. The number of hydrogen-bond acceptors (Lipinski definition) is 2. The van der Waals surface area contributed by atoms with E-state index >= 15 is 0 Å². The van der Waals surface area contributed by atoms with Crippen LogP contribution in [0.15, 0.2) is 0 Å². The van der Waals surface area contributed by atoms with Gasteiger partial charge in [0.15, 0.2) is 0 Å². The molecule has 0 saturated carbocycles. The first-order chi connectivity index (χ1) is 19.4. The summed E-state index contributed by atoms with van der Waals surface area (Å²) in [4.78, 5) is 22.5. The third-order valence-corrected chi connectivity index (χ3v) is 9.43. The van der Waals surface area contributed by atoms with E-state index in [-0.39, 0.29) is 0 Å². The fourth-order valence-corrected chi connectivity index (χ4v) is 6.66. The van der Waals surface area contributed by atoms with Crippen LogP contribution in [-0.2, 0) is 9.59 Å². The standard InChI is InChI=1S/C36H70O4/c1-5-9-24-31(7-3)28-34(29-32(8-4)25-10-6-2)33(30-36(39)40)26-22-20-18-16-14-12-11-13-15-17-19-21-23-27-35(37)38/h31-34H,5-30H2,1-4H3,(H,37,38)(H,39,40). The van der Waals surface area contributed by atoms with Gasteiger partial charge in [0.1, 0.15) is 0 Å². The van der Waals surface area contributed by atoms with Gasteiger partial charge >= 0.3 is 11.9 Å². The summed E-state index contributed by atoms with van der Waals surface area (Å²) in [5, 5.41) is 18.5. The molecule has 4 nitrogen and oxygen atoms in total. The van der Waals surface area contributed by atoms with Crippen molar-refractivity contribution in [3.63, 3.8) is 0 Å². The Morgan fingerprint density at radius 3 is 1.23 bits per heavy atom. The van der Waals surface area contributed by atoms with E-state index in [0.717, 1.165) is 31.1 Å². The number of carboxylic acid groups (broad SMARTS) is 2. The molecule has 0 heterocycles. The largest absolute Gasteiger partial charge is 0.481 e. The summed E-state index contributed by atoms with van der Waals surface area (Å²) >= 11 is 0. The van der Waals surface area contributed by atoms with E-state index in [2.05, 4.69) is 27.7 Å². The molecule has 0 aromatic heterocycles. The summed E-state index contributed by atoms with van der Waals surface area (Å²) in [6.45, 7) is 9.24. The minimum absolute atomic E-state index is 0.317. The summed E-state index contributed by atoms with van der Waals surface area (Å²) in [7, 11) is 0. The van der Waals surface area contributed by atoms with Gasteiger partial charge in [-0.05, 0) is 49.4 Å². The summed E-state index contributed by atoms with van der Waals surface area (Å²) in [5.41, 5.74) is 0. The van der Waals surface area contributed by atoms with Crippen molar-refractivity contribution >= 4 is 11.9 Å². The zero-order valence-corrected chi connectivity index (χ0v) is 27.4. The summed E-state index contributed by atoms with van der Waals surface area (Å²) in [5.74, 6) is 1.14. The van der Waals surface area contributed by atoms with Gasteiger partial charge in [0, 0.05) is 12.8 Å². The molecule has 0 rings (SSSR count). The van der Waals surface area contributed by atoms with Crippen LogP contribution < -0.4 is 0 Å². The van der Waals surface area contributed by atoms with Crippen molar-refractivity contribution in [3.05, 3.63) is 0 Å². The lowest BCUT2D eigenvalue weighted by molar-refractivity contribution is -0.139.